The number of carbonyl (C=O) groups excluding carboxylic acids is 3. The Balaban J connectivity index is 1.50. The number of hydrogen-bond acceptors (Lipinski definition) is 6. The smallest absolute Gasteiger partial charge is 0.261 e. The van der Waals surface area contributed by atoms with Crippen molar-refractivity contribution < 1.29 is 14.4 Å². The highest BCUT2D eigenvalue weighted by atomic mass is 32.1. The van der Waals surface area contributed by atoms with Crippen LogP contribution in [0.2, 0.25) is 0 Å². The summed E-state index contributed by atoms with van der Waals surface area (Å²) in [4.78, 5) is 47.3. The van der Waals surface area contributed by atoms with Crippen molar-refractivity contribution in [3.63, 3.8) is 0 Å². The number of benzene rings is 1. The number of rotatable bonds is 5. The molecule has 2 aromatic heterocycles. The highest BCUT2D eigenvalue weighted by molar-refractivity contribution is 7.09. The summed E-state index contributed by atoms with van der Waals surface area (Å²) in [7, 11) is 0. The van der Waals surface area contributed by atoms with Crippen molar-refractivity contribution in [2.45, 2.75) is 20.0 Å². The van der Waals surface area contributed by atoms with Gasteiger partial charge in [0, 0.05) is 17.1 Å². The first-order valence-corrected chi connectivity index (χ1v) is 9.50. The monoisotopic (exact) mass is 392 g/mol. The van der Waals surface area contributed by atoms with Crippen LogP contribution < -0.4 is 5.32 Å². The molecular formula is C20H16N4O3S. The molecule has 0 atom stereocenters. The van der Waals surface area contributed by atoms with Gasteiger partial charge in [-0.05, 0) is 37.3 Å². The van der Waals surface area contributed by atoms with Gasteiger partial charge in [-0.25, -0.2) is 4.98 Å². The molecule has 7 nitrogen and oxygen atoms in total. The molecule has 4 rings (SSSR count). The van der Waals surface area contributed by atoms with E-state index in [9.17, 15) is 14.4 Å². The van der Waals surface area contributed by atoms with Crippen LogP contribution >= 0.6 is 11.3 Å². The van der Waals surface area contributed by atoms with Gasteiger partial charge in [0.25, 0.3) is 17.7 Å². The van der Waals surface area contributed by atoms with Crippen LogP contribution in [0.25, 0.3) is 0 Å². The molecule has 3 heterocycles. The van der Waals surface area contributed by atoms with Crippen molar-refractivity contribution in [1.29, 1.82) is 0 Å². The van der Waals surface area contributed by atoms with Crippen LogP contribution in [0, 0.1) is 6.92 Å². The number of aromatic nitrogens is 2. The normalized spacial score (nSPS) is 13.0. The zero-order valence-corrected chi connectivity index (χ0v) is 15.8. The lowest BCUT2D eigenvalue weighted by Gasteiger charge is -2.12. The second-order valence-electron chi connectivity index (χ2n) is 6.32. The molecule has 0 saturated carbocycles. The summed E-state index contributed by atoms with van der Waals surface area (Å²) in [5, 5.41) is 5.60. The molecule has 0 bridgehead atoms. The number of imide groups is 1. The predicted molar refractivity (Wildman–Crippen MR) is 103 cm³/mol. The van der Waals surface area contributed by atoms with Gasteiger partial charge in [-0.15, -0.1) is 11.3 Å². The largest absolute Gasteiger partial charge is 0.346 e. The van der Waals surface area contributed by atoms with Crippen molar-refractivity contribution in [3.05, 3.63) is 81.1 Å². The minimum Gasteiger partial charge on any atom is -0.346 e. The molecule has 1 aliphatic heterocycles. The molecule has 0 unspecified atom stereocenters. The van der Waals surface area contributed by atoms with Crippen LogP contribution in [0.3, 0.4) is 0 Å². The van der Waals surface area contributed by atoms with Gasteiger partial charge in [0.2, 0.25) is 0 Å². The van der Waals surface area contributed by atoms with Crippen LogP contribution in [0.1, 0.15) is 47.5 Å². The highest BCUT2D eigenvalue weighted by Gasteiger charge is 2.36. The Morgan fingerprint density at radius 2 is 1.93 bits per heavy atom. The molecule has 0 spiro atoms. The fraction of sp³-hybridized carbons (Fsp3) is 0.150. The third-order valence-electron chi connectivity index (χ3n) is 4.38. The van der Waals surface area contributed by atoms with E-state index in [2.05, 4.69) is 15.3 Å². The quantitative estimate of drug-likeness (QED) is 0.674. The van der Waals surface area contributed by atoms with E-state index >= 15 is 0 Å². The topological polar surface area (TPSA) is 92.3 Å². The van der Waals surface area contributed by atoms with E-state index in [-0.39, 0.29) is 23.9 Å². The molecule has 140 valence electrons. The van der Waals surface area contributed by atoms with Gasteiger partial charge in [0.05, 0.1) is 40.6 Å². The highest BCUT2D eigenvalue weighted by Crippen LogP contribution is 2.25. The lowest BCUT2D eigenvalue weighted by molar-refractivity contribution is 0.0640. The van der Waals surface area contributed by atoms with Gasteiger partial charge in [0.15, 0.2) is 0 Å². The molecule has 1 aromatic carbocycles. The van der Waals surface area contributed by atoms with E-state index in [0.717, 1.165) is 15.6 Å². The Morgan fingerprint density at radius 1 is 1.11 bits per heavy atom. The van der Waals surface area contributed by atoms with E-state index in [4.69, 9.17) is 0 Å². The summed E-state index contributed by atoms with van der Waals surface area (Å²) in [5.41, 5.74) is 2.26. The molecule has 28 heavy (non-hydrogen) atoms. The standard InChI is InChI=1S/C20H16N4O3S/c1-12-23-15(11-28-12)9-22-18(25)13-5-6-16-17(8-13)20(27)24(19(16)26)10-14-4-2-3-7-21-14/h2-8,11H,9-10H2,1H3,(H,22,25). The maximum atomic E-state index is 12.7. The zero-order valence-electron chi connectivity index (χ0n) is 15.0. The van der Waals surface area contributed by atoms with Crippen LogP contribution in [0.15, 0.2) is 48.0 Å². The first-order valence-electron chi connectivity index (χ1n) is 8.62. The van der Waals surface area contributed by atoms with Gasteiger partial charge < -0.3 is 5.32 Å². The molecule has 0 aliphatic carbocycles. The third-order valence-corrected chi connectivity index (χ3v) is 5.20. The first kappa shape index (κ1) is 18.0. The SMILES string of the molecule is Cc1nc(CNC(=O)c2ccc3c(c2)C(=O)N(Cc2ccccn2)C3=O)cs1. The van der Waals surface area contributed by atoms with Crippen molar-refractivity contribution in [2.24, 2.45) is 0 Å². The van der Waals surface area contributed by atoms with Crippen molar-refractivity contribution in [3.8, 4) is 0 Å². The predicted octanol–water partition coefficient (Wildman–Crippen LogP) is 2.57. The molecule has 0 saturated heterocycles. The molecule has 0 radical (unpaired) electrons. The van der Waals surface area contributed by atoms with Gasteiger partial charge >= 0.3 is 0 Å². The van der Waals surface area contributed by atoms with Gasteiger partial charge in [0.1, 0.15) is 0 Å². The van der Waals surface area contributed by atoms with Crippen LogP contribution in [-0.4, -0.2) is 32.6 Å². The van der Waals surface area contributed by atoms with E-state index in [0.29, 0.717) is 23.4 Å². The number of fused-ring (bicyclic) bond motifs is 1. The Bertz CT molecular complexity index is 1080. The number of amides is 3. The van der Waals surface area contributed by atoms with E-state index < -0.39 is 5.91 Å². The number of pyridine rings is 1. The van der Waals surface area contributed by atoms with Crippen LogP contribution in [-0.2, 0) is 13.1 Å². The van der Waals surface area contributed by atoms with Crippen molar-refractivity contribution in [2.75, 3.05) is 0 Å². The number of carbonyl (C=O) groups is 3. The third kappa shape index (κ3) is 3.41. The number of hydrogen-bond donors (Lipinski definition) is 1. The second-order valence-corrected chi connectivity index (χ2v) is 7.38. The Morgan fingerprint density at radius 3 is 2.64 bits per heavy atom. The summed E-state index contributed by atoms with van der Waals surface area (Å²) >= 11 is 1.51. The van der Waals surface area contributed by atoms with E-state index in [1.165, 1.54) is 23.5 Å². The number of thiazole rings is 1. The molecular weight excluding hydrogens is 376 g/mol. The summed E-state index contributed by atoms with van der Waals surface area (Å²) in [6.45, 7) is 2.30. The number of aryl methyl sites for hydroxylation is 1. The molecule has 0 fully saturated rings. The van der Waals surface area contributed by atoms with Gasteiger partial charge in [-0.2, -0.15) is 0 Å². The first-order chi connectivity index (χ1) is 13.5. The lowest BCUT2D eigenvalue weighted by Crippen LogP contribution is -2.29. The average molecular weight is 392 g/mol. The molecule has 3 aromatic rings. The molecule has 1 aliphatic rings. The van der Waals surface area contributed by atoms with Crippen molar-refractivity contribution in [1.82, 2.24) is 20.2 Å². The molecule has 3 amide bonds. The zero-order chi connectivity index (χ0) is 19.7. The van der Waals surface area contributed by atoms with Gasteiger partial charge in [-0.1, -0.05) is 6.07 Å². The maximum absolute atomic E-state index is 12.7. The van der Waals surface area contributed by atoms with Crippen LogP contribution in [0.5, 0.6) is 0 Å². The van der Waals surface area contributed by atoms with Crippen LogP contribution in [0.4, 0.5) is 0 Å². The fourth-order valence-corrected chi connectivity index (χ4v) is 3.60. The summed E-state index contributed by atoms with van der Waals surface area (Å²) in [5.74, 6) is -1.12. The number of nitrogens with one attached hydrogen (secondary N) is 1. The summed E-state index contributed by atoms with van der Waals surface area (Å²) in [6, 6.07) is 9.86. The number of nitrogens with zero attached hydrogens (tertiary/aromatic N) is 3. The molecule has 8 heteroatoms. The second kappa shape index (κ2) is 7.32. The Hall–Kier alpha value is -3.39. The minimum atomic E-state index is -0.421. The van der Waals surface area contributed by atoms with E-state index in [1.807, 2.05) is 12.3 Å². The Labute approximate surface area is 165 Å². The van der Waals surface area contributed by atoms with Crippen molar-refractivity contribution >= 4 is 29.1 Å². The summed E-state index contributed by atoms with van der Waals surface area (Å²) < 4.78 is 0. The van der Waals surface area contributed by atoms with Gasteiger partial charge in [-0.3, -0.25) is 24.3 Å². The van der Waals surface area contributed by atoms with E-state index in [1.54, 1.807) is 30.5 Å². The fourth-order valence-electron chi connectivity index (χ4n) is 2.99. The minimum absolute atomic E-state index is 0.0951. The summed E-state index contributed by atoms with van der Waals surface area (Å²) in [6.07, 6.45) is 1.61. The Kier molecular flexibility index (Phi) is 4.70. The lowest BCUT2D eigenvalue weighted by atomic mass is 10.1. The maximum Gasteiger partial charge on any atom is 0.261 e. The molecule has 1 N–H and O–H groups in total. The average Bonchev–Trinajstić information content (AvgIpc) is 3.23.